The Morgan fingerprint density at radius 1 is 1.30 bits per heavy atom. The van der Waals surface area contributed by atoms with Crippen molar-refractivity contribution in [2.75, 3.05) is 0 Å². The van der Waals surface area contributed by atoms with E-state index in [1.54, 1.807) is 12.3 Å². The Bertz CT molecular complexity index is 955. The number of hydrogen-bond acceptors (Lipinski definition) is 3. The number of aryl methyl sites for hydroxylation is 1. The molecule has 1 N–H and O–H groups in total. The lowest BCUT2D eigenvalue weighted by molar-refractivity contribution is -0.117. The fourth-order valence-electron chi connectivity index (χ4n) is 3.32. The van der Waals surface area contributed by atoms with Crippen LogP contribution in [0, 0.1) is 5.92 Å². The van der Waals surface area contributed by atoms with Gasteiger partial charge >= 0.3 is 0 Å². The van der Waals surface area contributed by atoms with Gasteiger partial charge in [0, 0.05) is 31.4 Å². The van der Waals surface area contributed by atoms with Crippen molar-refractivity contribution in [3.8, 4) is 0 Å². The number of carbonyl (C=O) groups excluding carboxylic acids is 1. The molecule has 3 atom stereocenters. The van der Waals surface area contributed by atoms with Gasteiger partial charge in [0.15, 0.2) is 0 Å². The largest absolute Gasteiger partial charge is 0.461 e. The molecule has 2 aromatic heterocycles. The smallest absolute Gasteiger partial charge is 0.244 e. The Morgan fingerprint density at radius 2 is 2.07 bits per heavy atom. The van der Waals surface area contributed by atoms with Crippen LogP contribution in [0.5, 0.6) is 0 Å². The number of amides is 1. The molecular formula is C22H23N3O2. The average molecular weight is 361 g/mol. The zero-order valence-corrected chi connectivity index (χ0v) is 15.5. The number of hydrogen-bond donors (Lipinski definition) is 1. The molecule has 5 nitrogen and oxygen atoms in total. The molecule has 138 valence electrons. The van der Waals surface area contributed by atoms with Gasteiger partial charge in [-0.25, -0.2) is 4.98 Å². The van der Waals surface area contributed by atoms with Gasteiger partial charge in [-0.15, -0.1) is 0 Å². The lowest BCUT2D eigenvalue weighted by Gasteiger charge is -2.18. The number of rotatable bonds is 6. The minimum absolute atomic E-state index is 0.190. The van der Waals surface area contributed by atoms with E-state index in [-0.39, 0.29) is 11.9 Å². The third-order valence-corrected chi connectivity index (χ3v) is 5.06. The summed E-state index contributed by atoms with van der Waals surface area (Å²) < 4.78 is 7.74. The van der Waals surface area contributed by atoms with Crippen molar-refractivity contribution in [1.82, 2.24) is 14.9 Å². The van der Waals surface area contributed by atoms with Crippen LogP contribution in [0.15, 0.2) is 65.4 Å². The van der Waals surface area contributed by atoms with Crippen molar-refractivity contribution < 1.29 is 9.21 Å². The van der Waals surface area contributed by atoms with Gasteiger partial charge < -0.3 is 14.3 Å². The molecule has 4 rings (SSSR count). The first-order valence-corrected chi connectivity index (χ1v) is 9.22. The van der Waals surface area contributed by atoms with Crippen LogP contribution in [0.3, 0.4) is 0 Å². The minimum Gasteiger partial charge on any atom is -0.461 e. The summed E-state index contributed by atoms with van der Waals surface area (Å²) in [6, 6.07) is 13.4. The predicted molar refractivity (Wildman–Crippen MR) is 104 cm³/mol. The van der Waals surface area contributed by atoms with Gasteiger partial charge in [0.25, 0.3) is 0 Å². The zero-order valence-electron chi connectivity index (χ0n) is 15.5. The fraction of sp³-hybridized carbons (Fsp3) is 0.273. The molecule has 3 aromatic rings. The van der Waals surface area contributed by atoms with E-state index in [4.69, 9.17) is 4.42 Å². The van der Waals surface area contributed by atoms with Crippen LogP contribution in [0.2, 0.25) is 0 Å². The Hall–Kier alpha value is -3.08. The molecule has 0 aliphatic heterocycles. The maximum Gasteiger partial charge on any atom is 0.244 e. The first-order valence-electron chi connectivity index (χ1n) is 9.22. The van der Waals surface area contributed by atoms with Crippen LogP contribution in [-0.2, 0) is 11.8 Å². The summed E-state index contributed by atoms with van der Waals surface area (Å²) in [5.74, 6) is 3.54. The van der Waals surface area contributed by atoms with Gasteiger partial charge in [-0.1, -0.05) is 37.3 Å². The van der Waals surface area contributed by atoms with Crippen molar-refractivity contribution in [3.63, 3.8) is 0 Å². The van der Waals surface area contributed by atoms with E-state index in [9.17, 15) is 4.79 Å². The Morgan fingerprint density at radius 3 is 2.74 bits per heavy atom. The highest BCUT2D eigenvalue weighted by molar-refractivity contribution is 5.91. The Labute approximate surface area is 158 Å². The highest BCUT2D eigenvalue weighted by Gasteiger charge is 2.36. The lowest BCUT2D eigenvalue weighted by atomic mass is 10.1. The second-order valence-electron chi connectivity index (χ2n) is 7.14. The molecule has 1 aromatic carbocycles. The van der Waals surface area contributed by atoms with Crippen LogP contribution in [0.25, 0.3) is 6.08 Å². The molecule has 1 amide bonds. The molecule has 0 bridgehead atoms. The van der Waals surface area contributed by atoms with Gasteiger partial charge in [-0.3, -0.25) is 4.79 Å². The number of aromatic nitrogens is 2. The molecule has 27 heavy (non-hydrogen) atoms. The van der Waals surface area contributed by atoms with E-state index >= 15 is 0 Å². The van der Waals surface area contributed by atoms with Crippen molar-refractivity contribution >= 4 is 12.0 Å². The average Bonchev–Trinajstić information content (AvgIpc) is 3.06. The van der Waals surface area contributed by atoms with Gasteiger partial charge in [0.2, 0.25) is 5.91 Å². The topological polar surface area (TPSA) is 60.1 Å². The summed E-state index contributed by atoms with van der Waals surface area (Å²) in [6.07, 6.45) is 8.01. The van der Waals surface area contributed by atoms with Crippen molar-refractivity contribution in [1.29, 1.82) is 0 Å². The first-order chi connectivity index (χ1) is 13.1. The first kappa shape index (κ1) is 17.3. The van der Waals surface area contributed by atoms with Crippen molar-refractivity contribution in [3.05, 3.63) is 83.8 Å². The van der Waals surface area contributed by atoms with Gasteiger partial charge in [-0.2, -0.15) is 0 Å². The summed E-state index contributed by atoms with van der Waals surface area (Å²) >= 11 is 0. The van der Waals surface area contributed by atoms with Crippen LogP contribution >= 0.6 is 0 Å². The van der Waals surface area contributed by atoms with Crippen molar-refractivity contribution in [2.24, 2.45) is 13.0 Å². The lowest BCUT2D eigenvalue weighted by Crippen LogP contribution is -2.29. The molecule has 0 spiro atoms. The monoisotopic (exact) mass is 361 g/mol. The van der Waals surface area contributed by atoms with Gasteiger partial charge in [-0.05, 0) is 36.1 Å². The molecule has 1 fully saturated rings. The molecule has 0 radical (unpaired) electrons. The van der Waals surface area contributed by atoms with Crippen LogP contribution in [0.1, 0.15) is 48.2 Å². The summed E-state index contributed by atoms with van der Waals surface area (Å²) in [6.45, 7) is 2.22. The molecule has 1 saturated carbocycles. The molecule has 5 heteroatoms. The summed E-state index contributed by atoms with van der Waals surface area (Å²) in [7, 11) is 1.92. The van der Waals surface area contributed by atoms with Gasteiger partial charge in [0.05, 0.1) is 0 Å². The summed E-state index contributed by atoms with van der Waals surface area (Å²) in [5.41, 5.74) is 0.983. The van der Waals surface area contributed by atoms with E-state index in [2.05, 4.69) is 17.2 Å². The molecule has 0 unspecified atom stereocenters. The predicted octanol–water partition coefficient (Wildman–Crippen LogP) is 4.06. The van der Waals surface area contributed by atoms with Crippen LogP contribution in [0.4, 0.5) is 0 Å². The number of nitrogens with one attached hydrogen (secondary N) is 1. The SMILES string of the molecule is C[C@@H]1C[C@@H]1c1ccc(/C=C\C(=O)N[C@@H](c2ccccc2)c2nccn2C)o1. The number of nitrogens with zero attached hydrogens (tertiary/aromatic N) is 2. The second kappa shape index (κ2) is 7.27. The van der Waals surface area contributed by atoms with Crippen LogP contribution < -0.4 is 5.32 Å². The highest BCUT2D eigenvalue weighted by atomic mass is 16.3. The number of imidazole rings is 1. The molecular weight excluding hydrogens is 338 g/mol. The zero-order chi connectivity index (χ0) is 18.8. The maximum atomic E-state index is 12.5. The normalized spacial score (nSPS) is 19.9. The number of benzene rings is 1. The van der Waals surface area contributed by atoms with Crippen LogP contribution in [-0.4, -0.2) is 15.5 Å². The van der Waals surface area contributed by atoms with E-state index in [1.165, 1.54) is 12.5 Å². The Balaban J connectivity index is 1.48. The Kier molecular flexibility index (Phi) is 4.67. The second-order valence-corrected chi connectivity index (χ2v) is 7.14. The third kappa shape index (κ3) is 3.87. The minimum atomic E-state index is -0.317. The van der Waals surface area contributed by atoms with Gasteiger partial charge in [0.1, 0.15) is 23.4 Å². The molecule has 1 aliphatic carbocycles. The summed E-state index contributed by atoms with van der Waals surface area (Å²) in [5, 5.41) is 3.05. The van der Waals surface area contributed by atoms with E-state index in [1.807, 2.05) is 60.3 Å². The molecule has 1 aliphatic rings. The van der Waals surface area contributed by atoms with E-state index < -0.39 is 0 Å². The maximum absolute atomic E-state index is 12.5. The van der Waals surface area contributed by atoms with Crippen molar-refractivity contribution in [2.45, 2.75) is 25.3 Å². The molecule has 0 saturated heterocycles. The number of furan rings is 1. The highest BCUT2D eigenvalue weighted by Crippen LogP contribution is 2.47. The molecule has 2 heterocycles. The van der Waals surface area contributed by atoms with E-state index in [0.29, 0.717) is 17.6 Å². The third-order valence-electron chi connectivity index (χ3n) is 5.06. The number of carbonyl (C=O) groups is 1. The summed E-state index contributed by atoms with van der Waals surface area (Å²) in [4.78, 5) is 16.9. The quantitative estimate of drug-likeness (QED) is 0.674. The fourth-order valence-corrected chi connectivity index (χ4v) is 3.32. The van der Waals surface area contributed by atoms with E-state index in [0.717, 1.165) is 17.1 Å². The standard InChI is InChI=1S/C22H23N3O2/c1-15-14-18(15)19-10-8-17(27-19)9-11-20(26)24-21(16-6-4-3-5-7-16)22-23-12-13-25(22)2/h3-13,15,18,21H,14H2,1-2H3,(H,24,26)/b11-9-/t15-,18+,21+/m1/s1.